The molecule has 2 N–H and O–H groups in total. The van der Waals surface area contributed by atoms with Crippen molar-refractivity contribution in [2.45, 2.75) is 0 Å². The molecule has 0 fully saturated rings. The third-order valence-corrected chi connectivity index (χ3v) is 16.1. The van der Waals surface area contributed by atoms with Crippen LogP contribution in [0.15, 0.2) is 24.3 Å². The molecule has 4 aliphatic rings. The average Bonchev–Trinajstić information content (AvgIpc) is 1.56. The molecule has 0 spiro atoms. The van der Waals surface area contributed by atoms with Crippen molar-refractivity contribution in [3.8, 4) is 66.8 Å². The first-order valence-corrected chi connectivity index (χ1v) is 27.9. The van der Waals surface area contributed by atoms with E-state index < -0.39 is 332 Å². The highest BCUT2D eigenvalue weighted by Crippen LogP contribution is 2.51. The second kappa shape index (κ2) is 25.3. The number of H-pyrrole nitrogens is 2. The molecular formula is C66H10F34N6. The van der Waals surface area contributed by atoms with Gasteiger partial charge in [-0.2, -0.15) is 0 Å². The van der Waals surface area contributed by atoms with Crippen LogP contribution in [0.2, 0.25) is 0 Å². The first kappa shape index (κ1) is 72.2. The van der Waals surface area contributed by atoms with Crippen LogP contribution >= 0.6 is 0 Å². The third kappa shape index (κ3) is 10.3. The van der Waals surface area contributed by atoms with E-state index in [9.17, 15) is 26.3 Å². The molecule has 7 heterocycles. The van der Waals surface area contributed by atoms with E-state index in [4.69, 9.17) is 0 Å². The number of rotatable bonds is 6. The number of hydrogen-bond donors (Lipinski definition) is 2. The van der Waals surface area contributed by atoms with Crippen LogP contribution in [0.4, 0.5) is 149 Å². The van der Waals surface area contributed by atoms with Crippen LogP contribution in [0.5, 0.6) is 0 Å². The van der Waals surface area contributed by atoms with Gasteiger partial charge in [-0.05, 0) is 48.6 Å². The summed E-state index contributed by atoms with van der Waals surface area (Å²) in [4.78, 5) is 17.2. The number of aromatic nitrogens is 6. The maximum Gasteiger partial charge on any atom is 0.200 e. The number of benzene rings is 6. The summed E-state index contributed by atoms with van der Waals surface area (Å²) in [7, 11) is 0. The summed E-state index contributed by atoms with van der Waals surface area (Å²) in [6.07, 6.45) is 0.0925. The standard InChI is InChI=1S/C66H10F34N6/c67-29-23(30(68)42(80)53(91)41(29)79)17-9-1-5-13(101-9)19(25-33(71)45(83)55(93)46(84)34(25)72)63-59(97)60(98)64(105-63)21(27-37(75)49(87)57(95)50(88)38(27)76)15-7-3-11(103-15)18(24-31(69)43(81)54(92)44(82)32(24)70)12-4-8-16(104-12)22(28-39(77)51(89)58(96)52(90)40(28)78)66-62(100)61(99)65(106-66)20(14-6-2-10(17)102-14)26-35(73)47(85)56(94)48(86)36(26)74/h1-8,101,104H. The molecule has 13 rings (SSSR count). The Kier molecular flexibility index (Phi) is 17.3. The number of hydrogen-bond acceptors (Lipinski definition) is 4. The smallest absolute Gasteiger partial charge is 0.200 e. The van der Waals surface area contributed by atoms with Crippen molar-refractivity contribution >= 4 is 69.7 Å². The van der Waals surface area contributed by atoms with Crippen LogP contribution in [-0.2, 0) is 0 Å². The summed E-state index contributed by atoms with van der Waals surface area (Å²) in [5, 5.41) is 0. The van der Waals surface area contributed by atoms with Gasteiger partial charge in [0.1, 0.15) is 22.8 Å². The van der Waals surface area contributed by atoms with E-state index in [1.54, 1.807) is 9.97 Å². The van der Waals surface area contributed by atoms with Gasteiger partial charge in [0.25, 0.3) is 0 Å². The Morgan fingerprint density at radius 3 is 0.491 bits per heavy atom. The Labute approximate surface area is 558 Å². The summed E-state index contributed by atoms with van der Waals surface area (Å²) >= 11 is 0. The van der Waals surface area contributed by atoms with E-state index in [1.165, 1.54) is 0 Å². The molecule has 0 unspecified atom stereocenters. The molecular weight excluding hydrogens is 1520 g/mol. The van der Waals surface area contributed by atoms with E-state index in [2.05, 4.69) is 19.9 Å². The minimum absolute atomic E-state index is 0.00406. The summed E-state index contributed by atoms with van der Waals surface area (Å²) in [5.74, 6) is -106. The molecule has 0 amide bonds. The first-order chi connectivity index (χ1) is 49.8. The predicted molar refractivity (Wildman–Crippen MR) is 299 cm³/mol. The highest BCUT2D eigenvalue weighted by Gasteiger charge is 2.42. The van der Waals surface area contributed by atoms with Crippen molar-refractivity contribution in [3.63, 3.8) is 0 Å². The molecule has 6 nitrogen and oxygen atoms in total. The van der Waals surface area contributed by atoms with Gasteiger partial charge in [-0.25, -0.2) is 169 Å². The largest absolute Gasteiger partial charge is 0.354 e. The van der Waals surface area contributed by atoms with Crippen molar-refractivity contribution in [1.29, 1.82) is 0 Å². The zero-order chi connectivity index (χ0) is 77.4. The van der Waals surface area contributed by atoms with Crippen molar-refractivity contribution in [2.24, 2.45) is 0 Å². The lowest BCUT2D eigenvalue weighted by Crippen LogP contribution is -2.07. The van der Waals surface area contributed by atoms with Crippen LogP contribution < -0.4 is 0 Å². The van der Waals surface area contributed by atoms with E-state index in [0.717, 1.165) is 0 Å². The van der Waals surface area contributed by atoms with Crippen molar-refractivity contribution < 1.29 is 149 Å². The molecule has 0 radical (unpaired) electrons. The van der Waals surface area contributed by atoms with Crippen molar-refractivity contribution in [1.82, 2.24) is 29.9 Å². The minimum atomic E-state index is -3.19. The topological polar surface area (TPSA) is 83.1 Å². The number of nitrogens with zero attached hydrogens (tertiary/aromatic N) is 4. The lowest BCUT2D eigenvalue weighted by Gasteiger charge is -2.12. The van der Waals surface area contributed by atoms with E-state index >= 15 is 123 Å². The zero-order valence-electron chi connectivity index (χ0n) is 49.3. The Morgan fingerprint density at radius 2 is 0.292 bits per heavy atom. The number of nitrogens with one attached hydrogen (secondary N) is 2. The predicted octanol–water partition coefficient (Wildman–Crippen LogP) is 22.0. The minimum Gasteiger partial charge on any atom is -0.354 e. The molecule has 40 heteroatoms. The lowest BCUT2D eigenvalue weighted by atomic mass is 9.99. The van der Waals surface area contributed by atoms with E-state index in [1.807, 2.05) is 0 Å². The fraction of sp³-hybridized carbons (Fsp3) is 0. The van der Waals surface area contributed by atoms with Gasteiger partial charge in [-0.1, -0.05) is 0 Å². The summed E-state index contributed by atoms with van der Waals surface area (Å²) < 4.78 is 542. The third-order valence-electron chi connectivity index (χ3n) is 16.1. The Bertz CT molecular complexity index is 5600. The van der Waals surface area contributed by atoms with Gasteiger partial charge >= 0.3 is 0 Å². The van der Waals surface area contributed by atoms with Gasteiger partial charge < -0.3 is 9.97 Å². The number of halogens is 34. The molecule has 3 aromatic heterocycles. The Morgan fingerprint density at radius 1 is 0.151 bits per heavy atom. The SMILES string of the molecule is FC1=C(F)c2nc1c(-c1c(F)c(F)c(F)c(F)c1F)c1nc(c(-c3c(F)c(F)c(F)c(F)c3F)c3ccc([nH]3)c(-c3c(F)c(F)c(F)c(F)c3F)c3nc(c(-c4c(F)c(F)c(F)c(F)c4F)c4nc(c(-c5c(F)c(F)c(F)c(F)c5F)c5ccc([nH]5)c2-c2c(F)c(F)c(F)c(F)c2F)C=C4)C(F)=C3F)C=C1. The second-order valence-electron chi connectivity index (χ2n) is 21.8. The van der Waals surface area contributed by atoms with Gasteiger partial charge in [0.05, 0.1) is 56.2 Å². The van der Waals surface area contributed by atoms with Crippen LogP contribution in [0.3, 0.4) is 0 Å². The maximum atomic E-state index is 17.4. The van der Waals surface area contributed by atoms with Crippen molar-refractivity contribution in [2.75, 3.05) is 0 Å². The van der Waals surface area contributed by atoms with Crippen molar-refractivity contribution in [3.05, 3.63) is 244 Å². The fourth-order valence-corrected chi connectivity index (χ4v) is 11.4. The summed E-state index contributed by atoms with van der Waals surface area (Å²) in [5.41, 5.74) is -52.2. The highest BCUT2D eigenvalue weighted by atomic mass is 19.2. The monoisotopic (exact) mass is 1530 g/mol. The van der Waals surface area contributed by atoms with Gasteiger partial charge in [0.2, 0.25) is 34.9 Å². The van der Waals surface area contributed by atoms with Crippen LogP contribution in [-0.4, -0.2) is 29.9 Å². The van der Waals surface area contributed by atoms with Gasteiger partial charge in [-0.3, -0.25) is 0 Å². The highest BCUT2D eigenvalue weighted by molar-refractivity contribution is 6.04. The van der Waals surface area contributed by atoms with Crippen LogP contribution in [0, 0.1) is 175 Å². The van der Waals surface area contributed by atoms with E-state index in [-0.39, 0.29) is 48.6 Å². The Hall–Kier alpha value is -12.2. The summed E-state index contributed by atoms with van der Waals surface area (Å²) in [6, 6.07) is 0.236. The maximum absolute atomic E-state index is 17.4. The molecule has 542 valence electrons. The van der Waals surface area contributed by atoms with Gasteiger partial charge in [-0.15, -0.1) is 0 Å². The normalized spacial score (nSPS) is 12.8. The zero-order valence-corrected chi connectivity index (χ0v) is 49.3. The lowest BCUT2D eigenvalue weighted by molar-refractivity contribution is 0.381. The molecule has 0 saturated heterocycles. The molecule has 0 aliphatic carbocycles. The fourth-order valence-electron chi connectivity index (χ4n) is 11.4. The quantitative estimate of drug-likeness (QED) is 0.0987. The van der Waals surface area contributed by atoms with E-state index in [0.29, 0.717) is 0 Å². The average molecular weight is 1530 g/mol. The van der Waals surface area contributed by atoms with Gasteiger partial charge in [0, 0.05) is 55.4 Å². The van der Waals surface area contributed by atoms with Crippen LogP contribution in [0.1, 0.15) is 45.6 Å². The molecule has 9 aromatic rings. The molecule has 4 aliphatic heterocycles. The molecule has 6 aromatic carbocycles. The molecule has 12 bridgehead atoms. The van der Waals surface area contributed by atoms with Crippen LogP contribution in [0.25, 0.3) is 136 Å². The summed E-state index contributed by atoms with van der Waals surface area (Å²) in [6.45, 7) is 0. The molecule has 0 saturated carbocycles. The number of aromatic amines is 2. The molecule has 106 heavy (non-hydrogen) atoms. The molecule has 0 atom stereocenters. The van der Waals surface area contributed by atoms with Gasteiger partial charge in [0.15, 0.2) is 163 Å². The Balaban J connectivity index is 1.39. The second-order valence-corrected chi connectivity index (χ2v) is 21.8. The number of fused-ring (bicyclic) bond motifs is 12. The first-order valence-electron chi connectivity index (χ1n) is 27.9.